The first-order valence-corrected chi connectivity index (χ1v) is 6.69. The molecule has 20 heavy (non-hydrogen) atoms. The summed E-state index contributed by atoms with van der Waals surface area (Å²) in [5.41, 5.74) is 4.25. The van der Waals surface area contributed by atoms with Crippen LogP contribution in [-0.4, -0.2) is 17.4 Å². The lowest BCUT2D eigenvalue weighted by molar-refractivity contribution is 0.102. The first-order valence-electron chi connectivity index (χ1n) is 6.69. The van der Waals surface area contributed by atoms with Crippen LogP contribution in [0, 0.1) is 13.8 Å². The Hall–Kier alpha value is -2.36. The van der Waals surface area contributed by atoms with E-state index in [1.807, 2.05) is 45.0 Å². The molecule has 0 aliphatic rings. The monoisotopic (exact) mass is 269 g/mol. The number of para-hydroxylation sites is 1. The lowest BCUT2D eigenvalue weighted by atomic mass is 10.1. The highest BCUT2D eigenvalue weighted by Crippen LogP contribution is 2.20. The van der Waals surface area contributed by atoms with Crippen molar-refractivity contribution in [2.75, 3.05) is 17.2 Å². The van der Waals surface area contributed by atoms with Gasteiger partial charge in [0.25, 0.3) is 5.91 Å². The number of nitrogens with zero attached hydrogens (tertiary/aromatic N) is 1. The van der Waals surface area contributed by atoms with E-state index in [4.69, 9.17) is 0 Å². The second kappa shape index (κ2) is 6.19. The van der Waals surface area contributed by atoms with Crippen molar-refractivity contribution in [2.45, 2.75) is 20.8 Å². The van der Waals surface area contributed by atoms with Crippen molar-refractivity contribution < 1.29 is 4.79 Å². The van der Waals surface area contributed by atoms with Crippen molar-refractivity contribution in [1.82, 2.24) is 4.98 Å². The van der Waals surface area contributed by atoms with Gasteiger partial charge in [0.1, 0.15) is 5.69 Å². The van der Waals surface area contributed by atoms with Crippen molar-refractivity contribution in [2.24, 2.45) is 0 Å². The molecule has 4 nitrogen and oxygen atoms in total. The molecule has 2 rings (SSSR count). The summed E-state index contributed by atoms with van der Waals surface area (Å²) in [4.78, 5) is 16.4. The molecule has 0 bridgehead atoms. The number of aromatic nitrogens is 1. The van der Waals surface area contributed by atoms with Crippen LogP contribution in [0.1, 0.15) is 28.5 Å². The summed E-state index contributed by atoms with van der Waals surface area (Å²) in [6.07, 6.45) is 1.64. The van der Waals surface area contributed by atoms with Gasteiger partial charge in [0.15, 0.2) is 0 Å². The molecule has 0 radical (unpaired) electrons. The summed E-state index contributed by atoms with van der Waals surface area (Å²) in [6, 6.07) is 9.53. The van der Waals surface area contributed by atoms with Gasteiger partial charge in [0, 0.05) is 24.1 Å². The number of carbonyl (C=O) groups excluding carboxylic acids is 1. The van der Waals surface area contributed by atoms with E-state index in [0.717, 1.165) is 29.0 Å². The molecule has 1 aromatic carbocycles. The Kier molecular flexibility index (Phi) is 4.35. The highest BCUT2D eigenvalue weighted by molar-refractivity contribution is 6.04. The Morgan fingerprint density at radius 2 is 1.90 bits per heavy atom. The lowest BCUT2D eigenvalue weighted by Gasteiger charge is -2.11. The third-order valence-electron chi connectivity index (χ3n) is 3.09. The highest BCUT2D eigenvalue weighted by atomic mass is 16.1. The second-order valence-electron chi connectivity index (χ2n) is 4.68. The molecule has 0 aliphatic heterocycles. The number of anilines is 2. The fourth-order valence-corrected chi connectivity index (χ4v) is 2.06. The van der Waals surface area contributed by atoms with Crippen LogP contribution in [0.5, 0.6) is 0 Å². The van der Waals surface area contributed by atoms with Crippen LogP contribution in [0.2, 0.25) is 0 Å². The van der Waals surface area contributed by atoms with Gasteiger partial charge < -0.3 is 10.6 Å². The smallest absolute Gasteiger partial charge is 0.274 e. The zero-order chi connectivity index (χ0) is 14.5. The van der Waals surface area contributed by atoms with E-state index in [1.165, 1.54) is 0 Å². The maximum atomic E-state index is 12.3. The van der Waals surface area contributed by atoms with Gasteiger partial charge in [0.2, 0.25) is 0 Å². The molecule has 0 spiro atoms. The van der Waals surface area contributed by atoms with E-state index in [1.54, 1.807) is 12.3 Å². The van der Waals surface area contributed by atoms with Gasteiger partial charge in [-0.05, 0) is 44.0 Å². The van der Waals surface area contributed by atoms with Gasteiger partial charge in [-0.25, -0.2) is 0 Å². The number of rotatable bonds is 4. The number of hydrogen-bond acceptors (Lipinski definition) is 3. The molecule has 0 aliphatic carbocycles. The normalized spacial score (nSPS) is 10.2. The fraction of sp³-hybridized carbons (Fsp3) is 0.250. The number of amides is 1. The predicted molar refractivity (Wildman–Crippen MR) is 82.3 cm³/mol. The molecule has 2 aromatic rings. The molecule has 1 heterocycles. The van der Waals surface area contributed by atoms with Crippen LogP contribution >= 0.6 is 0 Å². The van der Waals surface area contributed by atoms with E-state index in [9.17, 15) is 4.79 Å². The molecule has 0 saturated carbocycles. The standard InChI is InChI=1S/C16H19N3O/c1-4-17-13-8-9-18-14(10-13)16(20)19-15-11(2)6-5-7-12(15)3/h5-10H,4H2,1-3H3,(H,17,18)(H,19,20). The quantitative estimate of drug-likeness (QED) is 0.894. The van der Waals surface area contributed by atoms with Gasteiger partial charge in [-0.15, -0.1) is 0 Å². The van der Waals surface area contributed by atoms with E-state index in [2.05, 4.69) is 15.6 Å². The third-order valence-corrected chi connectivity index (χ3v) is 3.09. The number of hydrogen-bond donors (Lipinski definition) is 2. The van der Waals surface area contributed by atoms with E-state index in [0.29, 0.717) is 5.69 Å². The number of benzene rings is 1. The Balaban J connectivity index is 2.22. The number of carbonyl (C=O) groups is 1. The van der Waals surface area contributed by atoms with Gasteiger partial charge in [-0.3, -0.25) is 9.78 Å². The maximum Gasteiger partial charge on any atom is 0.274 e. The first-order chi connectivity index (χ1) is 9.61. The van der Waals surface area contributed by atoms with Crippen molar-refractivity contribution in [3.63, 3.8) is 0 Å². The summed E-state index contributed by atoms with van der Waals surface area (Å²) >= 11 is 0. The molecule has 0 fully saturated rings. The Labute approximate surface area is 119 Å². The number of pyridine rings is 1. The van der Waals surface area contributed by atoms with Crippen LogP contribution in [0.15, 0.2) is 36.5 Å². The van der Waals surface area contributed by atoms with Gasteiger partial charge in [-0.1, -0.05) is 18.2 Å². The summed E-state index contributed by atoms with van der Waals surface area (Å²) < 4.78 is 0. The van der Waals surface area contributed by atoms with Crippen LogP contribution in [0.25, 0.3) is 0 Å². The summed E-state index contributed by atoms with van der Waals surface area (Å²) in [6.45, 7) is 6.77. The van der Waals surface area contributed by atoms with Crippen molar-refractivity contribution in [3.05, 3.63) is 53.3 Å². The minimum absolute atomic E-state index is 0.192. The van der Waals surface area contributed by atoms with Crippen LogP contribution in [0.3, 0.4) is 0 Å². The topological polar surface area (TPSA) is 54.0 Å². The number of aryl methyl sites for hydroxylation is 2. The molecule has 0 saturated heterocycles. The van der Waals surface area contributed by atoms with E-state index < -0.39 is 0 Å². The van der Waals surface area contributed by atoms with Crippen LogP contribution in [-0.2, 0) is 0 Å². The molecule has 2 N–H and O–H groups in total. The third kappa shape index (κ3) is 3.15. The Bertz CT molecular complexity index is 603. The van der Waals surface area contributed by atoms with Gasteiger partial charge >= 0.3 is 0 Å². The van der Waals surface area contributed by atoms with Crippen molar-refractivity contribution in [3.8, 4) is 0 Å². The second-order valence-corrected chi connectivity index (χ2v) is 4.68. The lowest BCUT2D eigenvalue weighted by Crippen LogP contribution is -2.15. The maximum absolute atomic E-state index is 12.3. The predicted octanol–water partition coefficient (Wildman–Crippen LogP) is 3.38. The van der Waals surface area contributed by atoms with Crippen LogP contribution in [0.4, 0.5) is 11.4 Å². The largest absolute Gasteiger partial charge is 0.385 e. The van der Waals surface area contributed by atoms with Crippen molar-refractivity contribution in [1.29, 1.82) is 0 Å². The average Bonchev–Trinajstić information content (AvgIpc) is 2.43. The van der Waals surface area contributed by atoms with Gasteiger partial charge in [0.05, 0.1) is 0 Å². The van der Waals surface area contributed by atoms with Crippen LogP contribution < -0.4 is 10.6 Å². The summed E-state index contributed by atoms with van der Waals surface area (Å²) in [5.74, 6) is -0.192. The van der Waals surface area contributed by atoms with E-state index in [-0.39, 0.29) is 5.91 Å². The fourth-order valence-electron chi connectivity index (χ4n) is 2.06. The minimum atomic E-state index is -0.192. The minimum Gasteiger partial charge on any atom is -0.385 e. The zero-order valence-electron chi connectivity index (χ0n) is 12.0. The van der Waals surface area contributed by atoms with Gasteiger partial charge in [-0.2, -0.15) is 0 Å². The zero-order valence-corrected chi connectivity index (χ0v) is 12.0. The molecular weight excluding hydrogens is 250 g/mol. The number of nitrogens with one attached hydrogen (secondary N) is 2. The highest BCUT2D eigenvalue weighted by Gasteiger charge is 2.11. The Morgan fingerprint density at radius 1 is 1.20 bits per heavy atom. The summed E-state index contributed by atoms with van der Waals surface area (Å²) in [5, 5.41) is 6.10. The first kappa shape index (κ1) is 14.1. The molecule has 104 valence electrons. The molecule has 0 unspecified atom stereocenters. The molecule has 0 atom stereocenters. The SMILES string of the molecule is CCNc1ccnc(C(=O)Nc2c(C)cccc2C)c1. The average molecular weight is 269 g/mol. The molecule has 1 amide bonds. The molecule has 4 heteroatoms. The summed E-state index contributed by atoms with van der Waals surface area (Å²) in [7, 11) is 0. The van der Waals surface area contributed by atoms with E-state index >= 15 is 0 Å². The molecular formula is C16H19N3O. The Morgan fingerprint density at radius 3 is 2.55 bits per heavy atom. The van der Waals surface area contributed by atoms with Crippen molar-refractivity contribution >= 4 is 17.3 Å². The molecule has 1 aromatic heterocycles.